The van der Waals surface area contributed by atoms with E-state index >= 15 is 0 Å². The summed E-state index contributed by atoms with van der Waals surface area (Å²) in [4.78, 5) is 11.9. The van der Waals surface area contributed by atoms with Gasteiger partial charge in [-0.25, -0.2) is 0 Å². The van der Waals surface area contributed by atoms with E-state index in [2.05, 4.69) is 17.4 Å². The molecule has 0 N–H and O–H groups in total. The molecule has 1 aliphatic carbocycles. The third-order valence-corrected chi connectivity index (χ3v) is 4.73. The van der Waals surface area contributed by atoms with Crippen molar-refractivity contribution in [1.82, 2.24) is 15.1 Å². The molecule has 25 heavy (non-hydrogen) atoms. The highest BCUT2D eigenvalue weighted by Crippen LogP contribution is 2.50. The van der Waals surface area contributed by atoms with Crippen molar-refractivity contribution < 1.29 is 26.9 Å². The number of halogens is 4. The molecule has 0 fully saturated rings. The molecule has 1 aromatic rings. The Balaban J connectivity index is 0.000000399. The van der Waals surface area contributed by atoms with Gasteiger partial charge in [-0.15, -0.1) is 4.68 Å². The van der Waals surface area contributed by atoms with Crippen LogP contribution in [0, 0.1) is 16.0 Å². The van der Waals surface area contributed by atoms with Gasteiger partial charge in [-0.3, -0.25) is 10.1 Å². The highest BCUT2D eigenvalue weighted by molar-refractivity contribution is 6.50. The SMILES string of the molecule is CC1=Cn2nn[n+](C)c2[C@]2([N+](=O)[O-])CC(C)=C(C)C[C@H]12.F[B-](F)(F)F. The van der Waals surface area contributed by atoms with Crippen LogP contribution in [0.15, 0.2) is 16.7 Å². The van der Waals surface area contributed by atoms with E-state index in [0.717, 1.165) is 17.6 Å². The summed E-state index contributed by atoms with van der Waals surface area (Å²) in [6, 6.07) is 0. The first-order valence-electron chi connectivity index (χ1n) is 7.55. The summed E-state index contributed by atoms with van der Waals surface area (Å²) in [7, 11) is -4.28. The molecule has 0 radical (unpaired) electrons. The predicted octanol–water partition coefficient (Wildman–Crippen LogP) is 2.50. The monoisotopic (exact) mass is 363 g/mol. The number of hydrogen-bond donors (Lipinski definition) is 0. The molecule has 0 amide bonds. The summed E-state index contributed by atoms with van der Waals surface area (Å²) < 4.78 is 42.1. The van der Waals surface area contributed by atoms with Gasteiger partial charge in [0.2, 0.25) is 0 Å². The van der Waals surface area contributed by atoms with E-state index in [9.17, 15) is 27.4 Å². The topological polar surface area (TPSA) is 77.7 Å². The fourth-order valence-electron chi connectivity index (χ4n) is 3.56. The standard InChI is InChI=1S/C13H18N5O2.BF4/c1-8-5-11-10(3)7-17-12(16(4)14-15-17)13(11,18(19)20)6-9(8)2;2-1(3,4)5/h7,11H,5-6H2,1-4H3;/q+1;-1/t11-,13+;/m1./s1. The number of nitro groups is 1. The molecule has 2 atom stereocenters. The second-order valence-corrected chi connectivity index (χ2v) is 6.41. The second-order valence-electron chi connectivity index (χ2n) is 6.41. The van der Waals surface area contributed by atoms with Crippen molar-refractivity contribution in [3.05, 3.63) is 32.7 Å². The van der Waals surface area contributed by atoms with Crippen LogP contribution in [-0.4, -0.2) is 27.3 Å². The van der Waals surface area contributed by atoms with Crippen LogP contribution in [0.4, 0.5) is 17.3 Å². The van der Waals surface area contributed by atoms with Crippen molar-refractivity contribution in [3.63, 3.8) is 0 Å². The zero-order chi connectivity index (χ0) is 19.2. The van der Waals surface area contributed by atoms with Crippen molar-refractivity contribution in [2.45, 2.75) is 39.2 Å². The Morgan fingerprint density at radius 2 is 1.88 bits per heavy atom. The Bertz CT molecular complexity index is 767. The normalized spacial score (nSPS) is 25.4. The molecule has 0 saturated carbocycles. The number of hydrogen-bond acceptors (Lipinski definition) is 4. The predicted molar refractivity (Wildman–Crippen MR) is 81.1 cm³/mol. The van der Waals surface area contributed by atoms with Crippen molar-refractivity contribution >= 4 is 13.5 Å². The van der Waals surface area contributed by atoms with Crippen molar-refractivity contribution in [2.75, 3.05) is 0 Å². The van der Waals surface area contributed by atoms with Gasteiger partial charge in [0.15, 0.2) is 5.21 Å². The average Bonchev–Trinajstić information content (AvgIpc) is 2.81. The van der Waals surface area contributed by atoms with E-state index in [1.165, 1.54) is 10.3 Å². The summed E-state index contributed by atoms with van der Waals surface area (Å²) in [6.45, 7) is 6.00. The zero-order valence-electron chi connectivity index (χ0n) is 14.2. The molecule has 0 spiro atoms. The number of rotatable bonds is 1. The number of allylic oxidation sites excluding steroid dienone is 1. The van der Waals surface area contributed by atoms with Crippen LogP contribution < -0.4 is 4.68 Å². The third kappa shape index (κ3) is 3.42. The van der Waals surface area contributed by atoms with E-state index in [0.29, 0.717) is 12.2 Å². The molecule has 0 bridgehead atoms. The summed E-state index contributed by atoms with van der Waals surface area (Å²) >= 11 is 0. The molecule has 1 aromatic heterocycles. The van der Waals surface area contributed by atoms with Crippen molar-refractivity contribution in [3.8, 4) is 0 Å². The maximum Gasteiger partial charge on any atom is 0.673 e. The molecular weight excluding hydrogens is 345 g/mol. The van der Waals surface area contributed by atoms with Crippen LogP contribution in [0.25, 0.3) is 6.20 Å². The first-order chi connectivity index (χ1) is 11.4. The third-order valence-electron chi connectivity index (χ3n) is 4.73. The Morgan fingerprint density at radius 3 is 2.40 bits per heavy atom. The van der Waals surface area contributed by atoms with Crippen LogP contribution in [-0.2, 0) is 12.6 Å². The molecule has 2 aliphatic rings. The molecule has 0 unspecified atom stereocenters. The van der Waals surface area contributed by atoms with Gasteiger partial charge in [0.25, 0.3) is 0 Å². The van der Waals surface area contributed by atoms with E-state index < -0.39 is 12.8 Å². The van der Waals surface area contributed by atoms with E-state index in [1.54, 1.807) is 11.7 Å². The number of tetrazole rings is 1. The lowest BCUT2D eigenvalue weighted by Crippen LogP contribution is -2.56. The minimum absolute atomic E-state index is 0.126. The molecule has 7 nitrogen and oxygen atoms in total. The minimum atomic E-state index is -6.00. The quantitative estimate of drug-likeness (QED) is 0.192. The number of fused-ring (bicyclic) bond motifs is 3. The number of aryl methyl sites for hydroxylation is 1. The molecule has 138 valence electrons. The van der Waals surface area contributed by atoms with Crippen LogP contribution in [0.5, 0.6) is 0 Å². The first kappa shape index (κ1) is 19.1. The molecule has 0 saturated heterocycles. The van der Waals surface area contributed by atoms with Crippen LogP contribution in [0.1, 0.15) is 39.4 Å². The Labute approximate surface area is 141 Å². The smallest absolute Gasteiger partial charge is 0.418 e. The molecule has 3 rings (SSSR count). The number of aromatic nitrogens is 4. The van der Waals surface area contributed by atoms with Gasteiger partial charge in [0, 0.05) is 4.92 Å². The maximum absolute atomic E-state index is 12.0. The average molecular weight is 363 g/mol. The van der Waals surface area contributed by atoms with E-state index in [1.807, 2.05) is 20.0 Å². The van der Waals surface area contributed by atoms with E-state index in [4.69, 9.17) is 0 Å². The van der Waals surface area contributed by atoms with Crippen molar-refractivity contribution in [1.29, 1.82) is 0 Å². The Morgan fingerprint density at radius 1 is 1.32 bits per heavy atom. The highest BCUT2D eigenvalue weighted by atomic mass is 19.5. The Kier molecular flexibility index (Phi) is 4.75. The molecule has 2 heterocycles. The van der Waals surface area contributed by atoms with Gasteiger partial charge in [-0.2, -0.15) is 0 Å². The van der Waals surface area contributed by atoms with Gasteiger partial charge < -0.3 is 17.3 Å². The molecule has 1 aliphatic heterocycles. The van der Waals surface area contributed by atoms with Crippen LogP contribution in [0.3, 0.4) is 0 Å². The van der Waals surface area contributed by atoms with E-state index in [-0.39, 0.29) is 10.8 Å². The number of nitrogens with zero attached hydrogens (tertiary/aromatic N) is 5. The van der Waals surface area contributed by atoms with Crippen LogP contribution >= 0.6 is 0 Å². The Hall–Kier alpha value is -2.27. The van der Waals surface area contributed by atoms with Crippen LogP contribution in [0.2, 0.25) is 0 Å². The maximum atomic E-state index is 12.0. The zero-order valence-corrected chi connectivity index (χ0v) is 14.2. The fraction of sp³-hybridized carbons (Fsp3) is 0.615. The fourth-order valence-corrected chi connectivity index (χ4v) is 3.56. The summed E-state index contributed by atoms with van der Waals surface area (Å²) in [6.07, 6.45) is 3.01. The minimum Gasteiger partial charge on any atom is -0.418 e. The lowest BCUT2D eigenvalue weighted by molar-refractivity contribution is -0.763. The molecular formula is C13H18BF4N5O2. The molecule has 0 aromatic carbocycles. The summed E-state index contributed by atoms with van der Waals surface area (Å²) in [5.41, 5.74) is 2.19. The highest BCUT2D eigenvalue weighted by Gasteiger charge is 2.64. The summed E-state index contributed by atoms with van der Waals surface area (Å²) in [5, 5.41) is 20.0. The second kappa shape index (κ2) is 6.23. The van der Waals surface area contributed by atoms with Crippen molar-refractivity contribution in [2.24, 2.45) is 13.0 Å². The largest absolute Gasteiger partial charge is 0.673 e. The van der Waals surface area contributed by atoms with Gasteiger partial charge in [-0.1, -0.05) is 15.8 Å². The van der Waals surface area contributed by atoms with Gasteiger partial charge in [0.05, 0.1) is 19.4 Å². The first-order valence-corrected chi connectivity index (χ1v) is 7.55. The van der Waals surface area contributed by atoms with Gasteiger partial charge in [0.1, 0.15) is 11.4 Å². The summed E-state index contributed by atoms with van der Waals surface area (Å²) in [5.74, 6) is 0.434. The van der Waals surface area contributed by atoms with Gasteiger partial charge in [-0.05, 0) is 32.8 Å². The lowest BCUT2D eigenvalue weighted by Gasteiger charge is -2.37. The molecule has 12 heteroatoms. The lowest BCUT2D eigenvalue weighted by atomic mass is 9.66. The van der Waals surface area contributed by atoms with Gasteiger partial charge >= 0.3 is 18.6 Å².